The Morgan fingerprint density at radius 1 is 0.974 bits per heavy atom. The topological polar surface area (TPSA) is 91.1 Å². The van der Waals surface area contributed by atoms with Crippen molar-refractivity contribution in [3.63, 3.8) is 0 Å². The molecule has 0 bridgehead atoms. The number of hydrogen-bond acceptors (Lipinski definition) is 7. The predicted octanol–water partition coefficient (Wildman–Crippen LogP) is 6.04. The highest BCUT2D eigenvalue weighted by Gasteiger charge is 2.23. The number of carbonyl (C=O) groups excluding carboxylic acids is 2. The average molecular weight is 515 g/mol. The van der Waals surface area contributed by atoms with Gasteiger partial charge in [-0.15, -0.1) is 0 Å². The van der Waals surface area contributed by atoms with Crippen LogP contribution in [0.2, 0.25) is 0 Å². The van der Waals surface area contributed by atoms with Crippen molar-refractivity contribution < 1.29 is 28.2 Å². The number of benzene rings is 3. The highest BCUT2D eigenvalue weighted by Crippen LogP contribution is 2.26. The van der Waals surface area contributed by atoms with Crippen LogP contribution in [0.25, 0.3) is 11.5 Å². The molecule has 1 amide bonds. The zero-order valence-corrected chi connectivity index (χ0v) is 21.6. The smallest absolute Gasteiger partial charge is 0.416 e. The van der Waals surface area contributed by atoms with Gasteiger partial charge in [-0.1, -0.05) is 30.3 Å². The zero-order chi connectivity index (χ0) is 26.9. The molecule has 0 aliphatic heterocycles. The van der Waals surface area contributed by atoms with E-state index in [9.17, 15) is 9.59 Å². The van der Waals surface area contributed by atoms with E-state index in [0.29, 0.717) is 42.5 Å². The number of rotatable bonds is 11. The van der Waals surface area contributed by atoms with Crippen molar-refractivity contribution in [3.05, 3.63) is 95.9 Å². The van der Waals surface area contributed by atoms with E-state index in [1.807, 2.05) is 68.4 Å². The maximum Gasteiger partial charge on any atom is 0.416 e. The Morgan fingerprint density at radius 2 is 1.63 bits per heavy atom. The second kappa shape index (κ2) is 12.6. The minimum absolute atomic E-state index is 0.101. The largest absolute Gasteiger partial charge is 0.497 e. The summed E-state index contributed by atoms with van der Waals surface area (Å²) in [5, 5.41) is 0. The molecule has 1 heterocycles. The maximum absolute atomic E-state index is 12.8. The summed E-state index contributed by atoms with van der Waals surface area (Å²) in [6.45, 7) is 4.08. The third kappa shape index (κ3) is 6.59. The molecule has 0 N–H and O–H groups in total. The number of oxazole rings is 1. The molecule has 0 spiro atoms. The number of aryl methyl sites for hydroxylation is 1. The number of hydrogen-bond donors (Lipinski definition) is 0. The van der Waals surface area contributed by atoms with Crippen LogP contribution < -0.4 is 14.2 Å². The Kier molecular flexibility index (Phi) is 8.77. The molecule has 0 radical (unpaired) electrons. The first-order valence-electron chi connectivity index (χ1n) is 12.3. The summed E-state index contributed by atoms with van der Waals surface area (Å²) in [7, 11) is 1.56. The molecule has 0 aliphatic rings. The van der Waals surface area contributed by atoms with Crippen molar-refractivity contribution in [2.45, 2.75) is 26.3 Å². The fourth-order valence-corrected chi connectivity index (χ4v) is 3.92. The molecule has 0 saturated carbocycles. The molecule has 0 unspecified atom stereocenters. The van der Waals surface area contributed by atoms with Gasteiger partial charge in [0.2, 0.25) is 5.89 Å². The highest BCUT2D eigenvalue weighted by atomic mass is 16.6. The summed E-state index contributed by atoms with van der Waals surface area (Å²) in [4.78, 5) is 30.0. The molecule has 0 saturated heterocycles. The van der Waals surface area contributed by atoms with Gasteiger partial charge in [0.1, 0.15) is 29.3 Å². The Morgan fingerprint density at radius 3 is 2.29 bits per heavy atom. The van der Waals surface area contributed by atoms with Crippen LogP contribution in [0.5, 0.6) is 17.2 Å². The van der Waals surface area contributed by atoms with Gasteiger partial charge in [0, 0.05) is 12.0 Å². The second-order valence-electron chi connectivity index (χ2n) is 8.60. The summed E-state index contributed by atoms with van der Waals surface area (Å²) in [6.07, 6.45) is 0.638. The van der Waals surface area contributed by atoms with Crippen molar-refractivity contribution in [3.8, 4) is 28.7 Å². The lowest BCUT2D eigenvalue weighted by molar-refractivity contribution is -0.108. The van der Waals surface area contributed by atoms with E-state index in [2.05, 4.69) is 4.98 Å². The number of aromatic nitrogens is 1. The van der Waals surface area contributed by atoms with Crippen LogP contribution in [0, 0.1) is 6.92 Å². The molecule has 3 aromatic carbocycles. The Balaban J connectivity index is 1.34. The van der Waals surface area contributed by atoms with E-state index in [4.69, 9.17) is 18.6 Å². The predicted molar refractivity (Wildman–Crippen MR) is 143 cm³/mol. The molecule has 4 rings (SSSR count). The Labute approximate surface area is 221 Å². The lowest BCUT2D eigenvalue weighted by atomic mass is 10.1. The quantitative estimate of drug-likeness (QED) is 0.225. The standard InChI is InChI=1S/C30H30N2O6/c1-21-28(38-29(31-21)24-7-5-4-6-8-24)17-20-36-26-11-9-23(10-12-26)22(2)32(18-19-33)30(34)37-27-15-13-25(35-3)14-16-27/h4-16,19,22H,17-18,20H2,1-3H3/t22-/m0/s1. The number of nitrogens with zero attached hydrogens (tertiary/aromatic N) is 2. The lowest BCUT2D eigenvalue weighted by Crippen LogP contribution is -2.37. The summed E-state index contributed by atoms with van der Waals surface area (Å²) in [5.74, 6) is 3.08. The first kappa shape index (κ1) is 26.5. The SMILES string of the molecule is COc1ccc(OC(=O)N(CC=O)[C@@H](C)c2ccc(OCCc3oc(-c4ccccc4)nc3C)cc2)cc1. The van der Waals surface area contributed by atoms with E-state index in [1.54, 1.807) is 31.4 Å². The normalized spacial score (nSPS) is 11.4. The van der Waals surface area contributed by atoms with E-state index in [-0.39, 0.29) is 6.54 Å². The van der Waals surface area contributed by atoms with Crippen molar-refractivity contribution in [1.29, 1.82) is 0 Å². The highest BCUT2D eigenvalue weighted by molar-refractivity contribution is 5.74. The van der Waals surface area contributed by atoms with Crippen molar-refractivity contribution in [2.24, 2.45) is 0 Å². The van der Waals surface area contributed by atoms with Crippen molar-refractivity contribution in [1.82, 2.24) is 9.88 Å². The molecule has 4 aromatic rings. The number of carbonyl (C=O) groups is 2. The Hall–Kier alpha value is -4.59. The summed E-state index contributed by atoms with van der Waals surface area (Å²) >= 11 is 0. The fraction of sp³-hybridized carbons (Fsp3) is 0.233. The van der Waals surface area contributed by atoms with Crippen LogP contribution in [0.4, 0.5) is 4.79 Å². The number of aldehydes is 1. The van der Waals surface area contributed by atoms with Crippen molar-refractivity contribution >= 4 is 12.4 Å². The van der Waals surface area contributed by atoms with Gasteiger partial charge in [-0.2, -0.15) is 0 Å². The molecule has 0 aliphatic carbocycles. The van der Waals surface area contributed by atoms with Crippen LogP contribution in [0.3, 0.4) is 0 Å². The van der Waals surface area contributed by atoms with Gasteiger partial charge in [-0.25, -0.2) is 9.78 Å². The van der Waals surface area contributed by atoms with Crippen LogP contribution in [0.1, 0.15) is 30.0 Å². The van der Waals surface area contributed by atoms with Gasteiger partial charge >= 0.3 is 6.09 Å². The molecule has 38 heavy (non-hydrogen) atoms. The van der Waals surface area contributed by atoms with Gasteiger partial charge in [-0.05, 0) is 67.9 Å². The second-order valence-corrected chi connectivity index (χ2v) is 8.60. The lowest BCUT2D eigenvalue weighted by Gasteiger charge is -2.27. The number of methoxy groups -OCH3 is 1. The van der Waals surface area contributed by atoms with E-state index < -0.39 is 12.1 Å². The van der Waals surface area contributed by atoms with Gasteiger partial charge in [0.15, 0.2) is 0 Å². The van der Waals surface area contributed by atoms with Gasteiger partial charge in [0.05, 0.1) is 32.0 Å². The first-order chi connectivity index (χ1) is 18.5. The molecular formula is C30H30N2O6. The number of amides is 1. The summed E-state index contributed by atoms with van der Waals surface area (Å²) in [5.41, 5.74) is 2.61. The van der Waals surface area contributed by atoms with E-state index in [0.717, 1.165) is 22.6 Å². The fourth-order valence-electron chi connectivity index (χ4n) is 3.92. The van der Waals surface area contributed by atoms with Crippen LogP contribution in [-0.4, -0.2) is 42.5 Å². The monoisotopic (exact) mass is 514 g/mol. The van der Waals surface area contributed by atoms with Crippen molar-refractivity contribution in [2.75, 3.05) is 20.3 Å². The third-order valence-electron chi connectivity index (χ3n) is 6.11. The number of ether oxygens (including phenoxy) is 3. The molecule has 1 atom stereocenters. The van der Waals surface area contributed by atoms with E-state index >= 15 is 0 Å². The van der Waals surface area contributed by atoms with E-state index in [1.165, 1.54) is 4.90 Å². The van der Waals surface area contributed by atoms with Gasteiger partial charge < -0.3 is 23.4 Å². The molecule has 8 nitrogen and oxygen atoms in total. The third-order valence-corrected chi connectivity index (χ3v) is 6.11. The van der Waals surface area contributed by atoms with Crippen LogP contribution in [-0.2, 0) is 11.2 Å². The summed E-state index contributed by atoms with van der Waals surface area (Å²) in [6, 6.07) is 23.4. The molecule has 0 fully saturated rings. The van der Waals surface area contributed by atoms with Crippen LogP contribution >= 0.6 is 0 Å². The minimum atomic E-state index is -0.618. The van der Waals surface area contributed by atoms with Gasteiger partial charge in [-0.3, -0.25) is 4.90 Å². The summed E-state index contributed by atoms with van der Waals surface area (Å²) < 4.78 is 22.4. The zero-order valence-electron chi connectivity index (χ0n) is 21.6. The average Bonchev–Trinajstić information content (AvgIpc) is 3.32. The molecular weight excluding hydrogens is 484 g/mol. The van der Waals surface area contributed by atoms with Crippen LogP contribution in [0.15, 0.2) is 83.3 Å². The molecule has 196 valence electrons. The first-order valence-corrected chi connectivity index (χ1v) is 12.3. The minimum Gasteiger partial charge on any atom is -0.497 e. The molecule has 8 heteroatoms. The maximum atomic E-state index is 12.8. The Bertz CT molecular complexity index is 1330. The molecule has 1 aromatic heterocycles. The van der Waals surface area contributed by atoms with Gasteiger partial charge in [0.25, 0.3) is 0 Å².